The molecule has 0 aliphatic carbocycles. The van der Waals surface area contributed by atoms with Gasteiger partial charge in [-0.3, -0.25) is 19.7 Å². The van der Waals surface area contributed by atoms with Gasteiger partial charge in [0.1, 0.15) is 6.04 Å². The number of benzene rings is 1. The van der Waals surface area contributed by atoms with Crippen LogP contribution in [0, 0.1) is 10.1 Å². The number of carbonyl (C=O) groups excluding carboxylic acids is 2. The summed E-state index contributed by atoms with van der Waals surface area (Å²) in [6, 6.07) is 3.93. The Balaban J connectivity index is 0. The molecule has 26 heavy (non-hydrogen) atoms. The van der Waals surface area contributed by atoms with Crippen molar-refractivity contribution in [3.05, 3.63) is 34.4 Å². The number of unbranched alkanes of at least 4 members (excludes halogenated alkanes) is 1. The number of non-ortho nitro benzene ring substituents is 1. The van der Waals surface area contributed by atoms with Gasteiger partial charge >= 0.3 is 0 Å². The van der Waals surface area contributed by atoms with Crippen molar-refractivity contribution < 1.29 is 14.5 Å². The minimum absolute atomic E-state index is 0. The zero-order chi connectivity index (χ0) is 18.1. The van der Waals surface area contributed by atoms with E-state index in [4.69, 9.17) is 11.5 Å². The van der Waals surface area contributed by atoms with Gasteiger partial charge in [-0.2, -0.15) is 0 Å². The van der Waals surface area contributed by atoms with E-state index in [9.17, 15) is 19.7 Å². The van der Waals surface area contributed by atoms with Crippen molar-refractivity contribution in [1.82, 2.24) is 5.32 Å². The van der Waals surface area contributed by atoms with Crippen LogP contribution in [0.4, 0.5) is 11.4 Å². The zero-order valence-corrected chi connectivity index (χ0v) is 16.0. The van der Waals surface area contributed by atoms with Gasteiger partial charge in [0.05, 0.1) is 11.0 Å². The minimum atomic E-state index is -0.784. The molecule has 6 N–H and O–H groups in total. The summed E-state index contributed by atoms with van der Waals surface area (Å²) in [5, 5.41) is 15.7. The molecule has 2 amide bonds. The van der Waals surface area contributed by atoms with Crippen molar-refractivity contribution in [2.45, 2.75) is 38.3 Å². The SMILES string of the molecule is CC(NC(=O)C(N)CCCCN)C(=O)Nc1ccc([N+](=O)[O-])cc1.Cl.Cl. The lowest BCUT2D eigenvalue weighted by atomic mass is 10.1. The predicted octanol–water partition coefficient (Wildman–Crippen LogP) is 1.34. The Morgan fingerprint density at radius 3 is 2.23 bits per heavy atom. The Kier molecular flexibility index (Phi) is 13.4. The molecular weight excluding hydrogens is 385 g/mol. The first-order chi connectivity index (χ1) is 11.3. The topological polar surface area (TPSA) is 153 Å². The summed E-state index contributed by atoms with van der Waals surface area (Å²) in [6.45, 7) is 2.08. The average Bonchev–Trinajstić information content (AvgIpc) is 2.55. The zero-order valence-electron chi connectivity index (χ0n) is 14.3. The highest BCUT2D eigenvalue weighted by Gasteiger charge is 2.20. The second kappa shape index (κ2) is 13.3. The van der Waals surface area contributed by atoms with Crippen LogP contribution in [0.15, 0.2) is 24.3 Å². The van der Waals surface area contributed by atoms with Gasteiger partial charge in [0.2, 0.25) is 11.8 Å². The molecule has 0 bridgehead atoms. The van der Waals surface area contributed by atoms with E-state index in [0.29, 0.717) is 18.7 Å². The van der Waals surface area contributed by atoms with E-state index < -0.39 is 28.8 Å². The molecule has 0 fully saturated rings. The van der Waals surface area contributed by atoms with Crippen LogP contribution in [0.25, 0.3) is 0 Å². The molecule has 0 saturated heterocycles. The van der Waals surface area contributed by atoms with Gasteiger partial charge in [0.15, 0.2) is 0 Å². The van der Waals surface area contributed by atoms with E-state index in [2.05, 4.69) is 10.6 Å². The van der Waals surface area contributed by atoms with Gasteiger partial charge in [-0.05, 0) is 38.4 Å². The summed E-state index contributed by atoms with van der Waals surface area (Å²) in [7, 11) is 0. The molecule has 148 valence electrons. The molecular formula is C15H25Cl2N5O4. The Bertz CT molecular complexity index is 586. The van der Waals surface area contributed by atoms with E-state index >= 15 is 0 Å². The summed E-state index contributed by atoms with van der Waals surface area (Å²) < 4.78 is 0. The number of nitro groups is 1. The largest absolute Gasteiger partial charge is 0.343 e. The number of nitrogens with one attached hydrogen (secondary N) is 2. The normalized spacial score (nSPS) is 12.0. The number of nitrogens with two attached hydrogens (primary N) is 2. The quantitative estimate of drug-likeness (QED) is 0.274. The van der Waals surface area contributed by atoms with Crippen LogP contribution in [0.3, 0.4) is 0 Å². The lowest BCUT2D eigenvalue weighted by molar-refractivity contribution is -0.384. The average molecular weight is 410 g/mol. The van der Waals surface area contributed by atoms with Gasteiger partial charge in [0.25, 0.3) is 5.69 Å². The Labute approximate surface area is 164 Å². The van der Waals surface area contributed by atoms with Gasteiger partial charge in [0, 0.05) is 17.8 Å². The maximum absolute atomic E-state index is 12.0. The standard InChI is InChI=1S/C15H23N5O4.2ClH/c1-10(18-15(22)13(17)4-2-3-9-16)14(21)19-11-5-7-12(8-6-11)20(23)24;;/h5-8,10,13H,2-4,9,16-17H2,1H3,(H,18,22)(H,19,21);2*1H. The van der Waals surface area contributed by atoms with E-state index in [1.807, 2.05) is 0 Å². The smallest absolute Gasteiger partial charge is 0.269 e. The number of rotatable bonds is 9. The highest BCUT2D eigenvalue weighted by Crippen LogP contribution is 2.15. The number of carbonyl (C=O) groups is 2. The summed E-state index contributed by atoms with van der Waals surface area (Å²) in [5.74, 6) is -0.843. The maximum atomic E-state index is 12.0. The van der Waals surface area contributed by atoms with Crippen LogP contribution in [0.5, 0.6) is 0 Å². The Morgan fingerprint density at radius 2 is 1.73 bits per heavy atom. The van der Waals surface area contributed by atoms with E-state index in [0.717, 1.165) is 12.8 Å². The fraction of sp³-hybridized carbons (Fsp3) is 0.467. The maximum Gasteiger partial charge on any atom is 0.269 e. The molecule has 0 aliphatic rings. The van der Waals surface area contributed by atoms with Crippen molar-refractivity contribution in [1.29, 1.82) is 0 Å². The van der Waals surface area contributed by atoms with Gasteiger partial charge in [-0.25, -0.2) is 0 Å². The van der Waals surface area contributed by atoms with Crippen molar-refractivity contribution >= 4 is 48.0 Å². The minimum Gasteiger partial charge on any atom is -0.343 e. The molecule has 9 nitrogen and oxygen atoms in total. The first kappa shape index (κ1) is 26.3. The fourth-order valence-electron chi connectivity index (χ4n) is 1.94. The summed E-state index contributed by atoms with van der Waals surface area (Å²) in [4.78, 5) is 34.0. The van der Waals surface area contributed by atoms with Crippen LogP contribution in [-0.2, 0) is 9.59 Å². The van der Waals surface area contributed by atoms with Gasteiger partial charge in [-0.15, -0.1) is 24.8 Å². The number of nitro benzene ring substituents is 1. The molecule has 0 heterocycles. The monoisotopic (exact) mass is 409 g/mol. The Hall–Kier alpha value is -1.94. The first-order valence-electron chi connectivity index (χ1n) is 7.66. The summed E-state index contributed by atoms with van der Waals surface area (Å²) >= 11 is 0. The molecule has 0 saturated carbocycles. The molecule has 2 unspecified atom stereocenters. The van der Waals surface area contributed by atoms with E-state index in [1.165, 1.54) is 31.2 Å². The van der Waals surface area contributed by atoms with Gasteiger partial charge in [-0.1, -0.05) is 6.42 Å². The third kappa shape index (κ3) is 8.95. The molecule has 11 heteroatoms. The lowest BCUT2D eigenvalue weighted by Gasteiger charge is -2.17. The third-order valence-electron chi connectivity index (χ3n) is 3.40. The van der Waals surface area contributed by atoms with Crippen molar-refractivity contribution in [3.63, 3.8) is 0 Å². The van der Waals surface area contributed by atoms with Crippen molar-refractivity contribution in [2.75, 3.05) is 11.9 Å². The second-order valence-corrected chi connectivity index (χ2v) is 5.41. The number of hydrogen-bond acceptors (Lipinski definition) is 6. The second-order valence-electron chi connectivity index (χ2n) is 5.41. The molecule has 1 aromatic rings. The van der Waals surface area contributed by atoms with Crippen LogP contribution in [0.1, 0.15) is 26.2 Å². The summed E-state index contributed by atoms with van der Waals surface area (Å²) in [6.07, 6.45) is 2.03. The van der Waals surface area contributed by atoms with Crippen LogP contribution in [0.2, 0.25) is 0 Å². The number of anilines is 1. The highest BCUT2D eigenvalue weighted by molar-refractivity contribution is 5.97. The summed E-state index contributed by atoms with van der Waals surface area (Å²) in [5.41, 5.74) is 11.5. The number of nitrogens with zero attached hydrogens (tertiary/aromatic N) is 1. The van der Waals surface area contributed by atoms with Crippen LogP contribution in [-0.4, -0.2) is 35.4 Å². The molecule has 0 radical (unpaired) electrons. The molecule has 1 rings (SSSR count). The predicted molar refractivity (Wildman–Crippen MR) is 105 cm³/mol. The number of amides is 2. The molecule has 0 aromatic heterocycles. The van der Waals surface area contributed by atoms with Crippen LogP contribution >= 0.6 is 24.8 Å². The molecule has 2 atom stereocenters. The van der Waals surface area contributed by atoms with Crippen molar-refractivity contribution in [2.24, 2.45) is 11.5 Å². The van der Waals surface area contributed by atoms with Crippen LogP contribution < -0.4 is 22.1 Å². The number of halogens is 2. The first-order valence-corrected chi connectivity index (χ1v) is 7.66. The van der Waals surface area contributed by atoms with E-state index in [-0.39, 0.29) is 30.5 Å². The number of hydrogen-bond donors (Lipinski definition) is 4. The van der Waals surface area contributed by atoms with E-state index in [1.54, 1.807) is 0 Å². The van der Waals surface area contributed by atoms with Crippen molar-refractivity contribution in [3.8, 4) is 0 Å². The fourth-order valence-corrected chi connectivity index (χ4v) is 1.94. The molecule has 1 aromatic carbocycles. The molecule has 0 aliphatic heterocycles. The van der Waals surface area contributed by atoms with Gasteiger partial charge < -0.3 is 22.1 Å². The Morgan fingerprint density at radius 1 is 1.15 bits per heavy atom. The highest BCUT2D eigenvalue weighted by atomic mass is 35.5. The molecule has 0 spiro atoms. The third-order valence-corrected chi connectivity index (χ3v) is 3.40. The lowest BCUT2D eigenvalue weighted by Crippen LogP contribution is -2.48.